The van der Waals surface area contributed by atoms with Gasteiger partial charge in [-0.1, -0.05) is 19.8 Å². The van der Waals surface area contributed by atoms with E-state index >= 15 is 0 Å². The molecule has 0 fully saturated rings. The van der Waals surface area contributed by atoms with E-state index in [9.17, 15) is 0 Å². The number of hydrogen-bond acceptors (Lipinski definition) is 1. The Morgan fingerprint density at radius 2 is 1.82 bits per heavy atom. The zero-order valence-corrected chi connectivity index (χ0v) is 8.55. The van der Waals surface area contributed by atoms with Crippen LogP contribution in [-0.2, 0) is 4.84 Å². The van der Waals surface area contributed by atoms with Crippen molar-refractivity contribution in [3.8, 4) is 0 Å². The van der Waals surface area contributed by atoms with Gasteiger partial charge in [-0.3, -0.25) is 0 Å². The smallest absolute Gasteiger partial charge is 0.114 e. The minimum atomic E-state index is 0.384. The maximum Gasteiger partial charge on any atom is 0.114 e. The first-order chi connectivity index (χ1) is 4.95. The zero-order valence-electron chi connectivity index (χ0n) is 8.55. The lowest BCUT2D eigenvalue weighted by Crippen LogP contribution is -2.37. The van der Waals surface area contributed by atoms with Gasteiger partial charge in [0.2, 0.25) is 0 Å². The van der Waals surface area contributed by atoms with E-state index < -0.39 is 0 Å². The molecule has 0 saturated heterocycles. The number of nitrogens with zero attached hydrogens (tertiary/aromatic N) is 1. The van der Waals surface area contributed by atoms with Gasteiger partial charge in [0.25, 0.3) is 0 Å². The number of hydroxylamine groups is 3. The Hall–Kier alpha value is -0.0800. The summed E-state index contributed by atoms with van der Waals surface area (Å²) in [5.74, 6) is 0. The summed E-state index contributed by atoms with van der Waals surface area (Å²) in [7, 11) is 6.13. The van der Waals surface area contributed by atoms with Crippen molar-refractivity contribution in [1.29, 1.82) is 0 Å². The average Bonchev–Trinajstić information content (AvgIpc) is 1.79. The van der Waals surface area contributed by atoms with Crippen LogP contribution in [0.25, 0.3) is 0 Å². The highest BCUT2D eigenvalue weighted by Gasteiger charge is 2.13. The highest BCUT2D eigenvalue weighted by molar-refractivity contribution is 4.46. The molecule has 0 aliphatic carbocycles. The summed E-state index contributed by atoms with van der Waals surface area (Å²) < 4.78 is 0.602. The first kappa shape index (κ1) is 10.9. The second kappa shape index (κ2) is 4.73. The molecule has 2 heteroatoms. The monoisotopic (exact) mass is 160 g/mol. The number of quaternary nitrogens is 1. The van der Waals surface area contributed by atoms with Gasteiger partial charge in [-0.25, -0.2) is 4.84 Å². The van der Waals surface area contributed by atoms with Crippen LogP contribution in [0.1, 0.15) is 33.1 Å². The summed E-state index contributed by atoms with van der Waals surface area (Å²) in [6.45, 7) is 4.35. The first-order valence-electron chi connectivity index (χ1n) is 4.45. The van der Waals surface area contributed by atoms with Crippen molar-refractivity contribution >= 4 is 0 Å². The lowest BCUT2D eigenvalue weighted by Gasteiger charge is -2.25. The van der Waals surface area contributed by atoms with Crippen LogP contribution in [0.2, 0.25) is 0 Å². The Kier molecular flexibility index (Phi) is 4.69. The van der Waals surface area contributed by atoms with Crippen molar-refractivity contribution in [1.82, 2.24) is 0 Å². The topological polar surface area (TPSA) is 9.23 Å². The van der Waals surface area contributed by atoms with Crippen LogP contribution in [0.15, 0.2) is 0 Å². The predicted octanol–water partition coefficient (Wildman–Crippen LogP) is 2.20. The van der Waals surface area contributed by atoms with Crippen molar-refractivity contribution in [2.75, 3.05) is 21.1 Å². The molecule has 11 heavy (non-hydrogen) atoms. The van der Waals surface area contributed by atoms with Gasteiger partial charge in [0.15, 0.2) is 0 Å². The standard InChI is InChI=1S/C9H22NO/c1-6-7-8-9(2)11-10(3,4)5/h9H,6-8H2,1-5H3/q+1. The van der Waals surface area contributed by atoms with Crippen molar-refractivity contribution in [2.45, 2.75) is 39.2 Å². The highest BCUT2D eigenvalue weighted by Crippen LogP contribution is 2.07. The fraction of sp³-hybridized carbons (Fsp3) is 1.00. The Bertz CT molecular complexity index is 96.2. The van der Waals surface area contributed by atoms with Gasteiger partial charge in [-0.15, -0.1) is 0 Å². The van der Waals surface area contributed by atoms with Crippen molar-refractivity contribution in [3.63, 3.8) is 0 Å². The number of unbranched alkanes of at least 4 members (excludes halogenated alkanes) is 1. The summed E-state index contributed by atoms with van der Waals surface area (Å²) in [5, 5.41) is 0. The van der Waals surface area contributed by atoms with Gasteiger partial charge < -0.3 is 0 Å². The lowest BCUT2D eigenvalue weighted by atomic mass is 10.2. The summed E-state index contributed by atoms with van der Waals surface area (Å²) in [5.41, 5.74) is 0. The second-order valence-electron chi connectivity index (χ2n) is 3.95. The molecule has 0 aromatic heterocycles. The predicted molar refractivity (Wildman–Crippen MR) is 48.1 cm³/mol. The number of hydrogen-bond donors (Lipinski definition) is 0. The van der Waals surface area contributed by atoms with E-state index in [0.29, 0.717) is 10.8 Å². The largest absolute Gasteiger partial charge is 0.201 e. The lowest BCUT2D eigenvalue weighted by molar-refractivity contribution is -1.07. The van der Waals surface area contributed by atoms with Gasteiger partial charge in [0.1, 0.15) is 6.10 Å². The SMILES string of the molecule is CCCCC(C)O[N+](C)(C)C. The van der Waals surface area contributed by atoms with E-state index in [4.69, 9.17) is 4.84 Å². The third-order valence-electron chi connectivity index (χ3n) is 1.46. The highest BCUT2D eigenvalue weighted by atomic mass is 16.7. The molecule has 0 radical (unpaired) electrons. The summed E-state index contributed by atoms with van der Waals surface area (Å²) in [6.07, 6.45) is 4.08. The van der Waals surface area contributed by atoms with E-state index in [0.717, 1.165) is 0 Å². The molecule has 2 nitrogen and oxygen atoms in total. The molecule has 0 bridgehead atoms. The molecule has 0 spiro atoms. The van der Waals surface area contributed by atoms with Crippen molar-refractivity contribution in [2.24, 2.45) is 0 Å². The quantitative estimate of drug-likeness (QED) is 0.442. The van der Waals surface area contributed by atoms with E-state index in [-0.39, 0.29) is 0 Å². The van der Waals surface area contributed by atoms with Crippen LogP contribution in [0.4, 0.5) is 0 Å². The number of rotatable bonds is 5. The van der Waals surface area contributed by atoms with Crippen molar-refractivity contribution < 1.29 is 9.48 Å². The van der Waals surface area contributed by atoms with Gasteiger partial charge in [-0.05, 0) is 13.3 Å². The molecule has 0 amide bonds. The van der Waals surface area contributed by atoms with E-state index in [1.54, 1.807) is 0 Å². The molecule has 0 aliphatic heterocycles. The summed E-state index contributed by atoms with van der Waals surface area (Å²) in [4.78, 5) is 5.68. The maximum absolute atomic E-state index is 5.68. The Balaban J connectivity index is 3.44. The third kappa shape index (κ3) is 7.82. The molecule has 0 rings (SSSR count). The Morgan fingerprint density at radius 1 is 1.27 bits per heavy atom. The second-order valence-corrected chi connectivity index (χ2v) is 3.95. The fourth-order valence-electron chi connectivity index (χ4n) is 1.08. The molecule has 0 saturated carbocycles. The molecule has 0 aromatic rings. The van der Waals surface area contributed by atoms with Crippen LogP contribution >= 0.6 is 0 Å². The minimum absolute atomic E-state index is 0.384. The van der Waals surface area contributed by atoms with Crippen LogP contribution in [0.5, 0.6) is 0 Å². The summed E-state index contributed by atoms with van der Waals surface area (Å²) in [6, 6.07) is 0. The molecule has 0 aliphatic rings. The first-order valence-corrected chi connectivity index (χ1v) is 4.45. The molecule has 68 valence electrons. The van der Waals surface area contributed by atoms with Gasteiger partial charge in [0.05, 0.1) is 21.1 Å². The Labute approximate surface area is 70.7 Å². The average molecular weight is 160 g/mol. The molecule has 0 N–H and O–H groups in total. The van der Waals surface area contributed by atoms with Crippen LogP contribution in [0, 0.1) is 0 Å². The van der Waals surface area contributed by atoms with Gasteiger partial charge in [-0.2, -0.15) is 4.65 Å². The van der Waals surface area contributed by atoms with E-state index in [1.165, 1.54) is 19.3 Å². The Morgan fingerprint density at radius 3 is 2.18 bits per heavy atom. The zero-order chi connectivity index (χ0) is 8.91. The maximum atomic E-state index is 5.68. The van der Waals surface area contributed by atoms with Crippen LogP contribution in [0.3, 0.4) is 0 Å². The van der Waals surface area contributed by atoms with Crippen LogP contribution < -0.4 is 0 Å². The molecular weight excluding hydrogens is 138 g/mol. The molecular formula is C9H22NO+. The fourth-order valence-corrected chi connectivity index (χ4v) is 1.08. The van der Waals surface area contributed by atoms with Crippen LogP contribution in [-0.4, -0.2) is 31.9 Å². The molecule has 0 aromatic carbocycles. The van der Waals surface area contributed by atoms with Gasteiger partial charge >= 0.3 is 0 Å². The third-order valence-corrected chi connectivity index (χ3v) is 1.46. The molecule has 0 heterocycles. The van der Waals surface area contributed by atoms with E-state index in [1.807, 2.05) is 21.1 Å². The molecule has 1 atom stereocenters. The van der Waals surface area contributed by atoms with Gasteiger partial charge in [0, 0.05) is 0 Å². The normalized spacial score (nSPS) is 15.0. The minimum Gasteiger partial charge on any atom is -0.201 e. The van der Waals surface area contributed by atoms with E-state index in [2.05, 4.69) is 13.8 Å². The summed E-state index contributed by atoms with van der Waals surface area (Å²) >= 11 is 0. The molecule has 1 unspecified atom stereocenters. The van der Waals surface area contributed by atoms with Crippen molar-refractivity contribution in [3.05, 3.63) is 0 Å².